The molecule has 0 spiro atoms. The van der Waals surface area contributed by atoms with Gasteiger partial charge in [-0.05, 0) is 6.07 Å². The lowest BCUT2D eigenvalue weighted by Gasteiger charge is -2.23. The lowest BCUT2D eigenvalue weighted by Crippen LogP contribution is -2.41. The van der Waals surface area contributed by atoms with Crippen molar-refractivity contribution in [1.29, 1.82) is 5.26 Å². The monoisotopic (exact) mass is 310 g/mol. The van der Waals surface area contributed by atoms with E-state index in [4.69, 9.17) is 5.26 Å². The molecule has 0 saturated carbocycles. The van der Waals surface area contributed by atoms with Crippen LogP contribution in [0.1, 0.15) is 6.42 Å². The average molecular weight is 310 g/mol. The van der Waals surface area contributed by atoms with Gasteiger partial charge in [0, 0.05) is 11.9 Å². The molecule has 0 N–H and O–H groups in total. The predicted molar refractivity (Wildman–Crippen MR) is 72.6 cm³/mol. The molecule has 0 atom stereocenters. The number of benzene rings is 1. The number of carbonyl (C=O) groups excluding carboxylic acids is 1. The van der Waals surface area contributed by atoms with Crippen molar-refractivity contribution >= 4 is 16.8 Å². The number of nitrogens with zero attached hydrogens (tertiary/aromatic N) is 4. The minimum atomic E-state index is -4.50. The van der Waals surface area contributed by atoms with Crippen molar-refractivity contribution in [3.8, 4) is 6.07 Å². The molecule has 116 valence electrons. The first-order chi connectivity index (χ1) is 10.4. The molecule has 1 amide bonds. The molecule has 0 aliphatic rings. The third-order valence-electron chi connectivity index (χ3n) is 3.05. The maximum Gasteiger partial charge on any atom is 0.406 e. The van der Waals surface area contributed by atoms with E-state index in [0.717, 1.165) is 5.39 Å². The Bertz CT molecular complexity index is 702. The van der Waals surface area contributed by atoms with Crippen LogP contribution in [0.25, 0.3) is 10.9 Å². The van der Waals surface area contributed by atoms with Crippen LogP contribution in [-0.4, -0.2) is 39.9 Å². The van der Waals surface area contributed by atoms with Gasteiger partial charge in [-0.25, -0.2) is 0 Å². The van der Waals surface area contributed by atoms with Crippen LogP contribution in [0.4, 0.5) is 13.2 Å². The third kappa shape index (κ3) is 3.97. The van der Waals surface area contributed by atoms with Crippen molar-refractivity contribution in [2.45, 2.75) is 19.1 Å². The number of fused-ring (bicyclic) bond motifs is 1. The molecule has 0 saturated heterocycles. The van der Waals surface area contributed by atoms with Gasteiger partial charge in [0.15, 0.2) is 0 Å². The van der Waals surface area contributed by atoms with Crippen molar-refractivity contribution in [2.75, 3.05) is 13.1 Å². The molecular formula is C14H13F3N4O. The van der Waals surface area contributed by atoms with Crippen LogP contribution in [0, 0.1) is 11.3 Å². The Morgan fingerprint density at radius 1 is 1.36 bits per heavy atom. The van der Waals surface area contributed by atoms with Crippen LogP contribution in [0.3, 0.4) is 0 Å². The van der Waals surface area contributed by atoms with Crippen LogP contribution in [0.5, 0.6) is 0 Å². The largest absolute Gasteiger partial charge is 0.406 e. The van der Waals surface area contributed by atoms with Gasteiger partial charge in [0.2, 0.25) is 5.91 Å². The summed E-state index contributed by atoms with van der Waals surface area (Å²) >= 11 is 0. The number of hydrogen-bond donors (Lipinski definition) is 0. The van der Waals surface area contributed by atoms with E-state index in [1.807, 2.05) is 0 Å². The molecule has 2 rings (SSSR count). The van der Waals surface area contributed by atoms with E-state index >= 15 is 0 Å². The molecule has 0 unspecified atom stereocenters. The molecule has 0 bridgehead atoms. The fourth-order valence-electron chi connectivity index (χ4n) is 2.07. The molecule has 5 nitrogen and oxygen atoms in total. The lowest BCUT2D eigenvalue weighted by atomic mass is 10.2. The first kappa shape index (κ1) is 15.8. The number of aromatic nitrogens is 2. The van der Waals surface area contributed by atoms with E-state index in [0.29, 0.717) is 10.4 Å². The van der Waals surface area contributed by atoms with Crippen molar-refractivity contribution in [3.05, 3.63) is 30.5 Å². The van der Waals surface area contributed by atoms with Crippen LogP contribution >= 0.6 is 0 Å². The zero-order chi connectivity index (χ0) is 16.2. The summed E-state index contributed by atoms with van der Waals surface area (Å²) in [5, 5.41) is 13.3. The molecule has 2 aromatic rings. The summed E-state index contributed by atoms with van der Waals surface area (Å²) in [5.41, 5.74) is 0.670. The highest BCUT2D eigenvalue weighted by molar-refractivity contribution is 5.82. The molecule has 0 fully saturated rings. The number of nitriles is 1. The Morgan fingerprint density at radius 2 is 2.09 bits per heavy atom. The summed E-state index contributed by atoms with van der Waals surface area (Å²) in [7, 11) is 0. The molecule has 1 heterocycles. The quantitative estimate of drug-likeness (QED) is 0.851. The van der Waals surface area contributed by atoms with Gasteiger partial charge in [-0.1, -0.05) is 18.2 Å². The highest BCUT2D eigenvalue weighted by Gasteiger charge is 2.32. The van der Waals surface area contributed by atoms with E-state index < -0.39 is 18.6 Å². The normalized spacial score (nSPS) is 11.4. The minimum absolute atomic E-state index is 0.151. The Morgan fingerprint density at radius 3 is 2.77 bits per heavy atom. The Balaban J connectivity index is 2.15. The summed E-state index contributed by atoms with van der Waals surface area (Å²) in [6.07, 6.45) is -3.11. The SMILES string of the molecule is N#CCCN(CC(F)(F)F)C(=O)Cn1ncc2ccccc21. The maximum absolute atomic E-state index is 12.5. The van der Waals surface area contributed by atoms with E-state index in [-0.39, 0.29) is 19.5 Å². The van der Waals surface area contributed by atoms with Crippen LogP contribution in [0.2, 0.25) is 0 Å². The Labute approximate surface area is 124 Å². The van der Waals surface area contributed by atoms with Crippen molar-refractivity contribution < 1.29 is 18.0 Å². The Hall–Kier alpha value is -2.56. The van der Waals surface area contributed by atoms with Gasteiger partial charge >= 0.3 is 6.18 Å². The summed E-state index contributed by atoms with van der Waals surface area (Å²) in [6.45, 7) is -1.92. The first-order valence-corrected chi connectivity index (χ1v) is 6.53. The predicted octanol–water partition coefficient (Wildman–Crippen LogP) is 2.34. The number of hydrogen-bond acceptors (Lipinski definition) is 3. The highest BCUT2D eigenvalue weighted by atomic mass is 19.4. The smallest absolute Gasteiger partial charge is 0.331 e. The van der Waals surface area contributed by atoms with Crippen LogP contribution in [-0.2, 0) is 11.3 Å². The summed E-state index contributed by atoms with van der Waals surface area (Å²) in [4.78, 5) is 12.7. The molecule has 0 aliphatic heterocycles. The Kier molecular flexibility index (Phi) is 4.65. The second-order valence-corrected chi connectivity index (χ2v) is 4.70. The molecule has 22 heavy (non-hydrogen) atoms. The zero-order valence-corrected chi connectivity index (χ0v) is 11.5. The number of amides is 1. The van der Waals surface area contributed by atoms with Crippen molar-refractivity contribution in [1.82, 2.24) is 14.7 Å². The van der Waals surface area contributed by atoms with Gasteiger partial charge in [0.05, 0.1) is 24.2 Å². The number of alkyl halides is 3. The van der Waals surface area contributed by atoms with Gasteiger partial charge in [0.25, 0.3) is 0 Å². The lowest BCUT2D eigenvalue weighted by molar-refractivity contribution is -0.161. The summed E-state index contributed by atoms with van der Waals surface area (Å²) in [6, 6.07) is 8.84. The van der Waals surface area contributed by atoms with Gasteiger partial charge in [-0.3, -0.25) is 9.48 Å². The van der Waals surface area contributed by atoms with Crippen LogP contribution < -0.4 is 0 Å². The second kappa shape index (κ2) is 6.47. The van der Waals surface area contributed by atoms with Gasteiger partial charge in [-0.15, -0.1) is 0 Å². The number of rotatable bonds is 5. The highest BCUT2D eigenvalue weighted by Crippen LogP contribution is 2.18. The third-order valence-corrected chi connectivity index (χ3v) is 3.05. The molecular weight excluding hydrogens is 297 g/mol. The second-order valence-electron chi connectivity index (χ2n) is 4.70. The van der Waals surface area contributed by atoms with Gasteiger partial charge in [-0.2, -0.15) is 23.5 Å². The minimum Gasteiger partial charge on any atom is -0.331 e. The first-order valence-electron chi connectivity index (χ1n) is 6.53. The molecule has 1 aromatic heterocycles. The molecule has 8 heteroatoms. The summed E-state index contributed by atoms with van der Waals surface area (Å²) < 4.78 is 38.9. The maximum atomic E-state index is 12.5. The fraction of sp³-hybridized carbons (Fsp3) is 0.357. The van der Waals surface area contributed by atoms with E-state index in [1.165, 1.54) is 4.68 Å². The average Bonchev–Trinajstić information content (AvgIpc) is 2.85. The van der Waals surface area contributed by atoms with Gasteiger partial charge < -0.3 is 4.90 Å². The number of halogens is 3. The van der Waals surface area contributed by atoms with E-state index in [1.54, 1.807) is 36.5 Å². The summed E-state index contributed by atoms with van der Waals surface area (Å²) in [5.74, 6) is -0.721. The zero-order valence-electron chi connectivity index (χ0n) is 11.5. The van der Waals surface area contributed by atoms with E-state index in [9.17, 15) is 18.0 Å². The topological polar surface area (TPSA) is 61.9 Å². The van der Waals surface area contributed by atoms with Crippen molar-refractivity contribution in [3.63, 3.8) is 0 Å². The van der Waals surface area contributed by atoms with Crippen molar-refractivity contribution in [2.24, 2.45) is 0 Å². The van der Waals surface area contributed by atoms with Gasteiger partial charge in [0.1, 0.15) is 13.1 Å². The molecule has 1 aromatic carbocycles. The fourth-order valence-corrected chi connectivity index (χ4v) is 2.07. The molecule has 0 aliphatic carbocycles. The number of para-hydroxylation sites is 1. The standard InChI is InChI=1S/C14H13F3N4O/c15-14(16,17)10-20(7-3-6-18)13(22)9-21-12-5-2-1-4-11(12)8-19-21/h1-2,4-5,8H,3,7,9-10H2. The molecule has 0 radical (unpaired) electrons. The van der Waals surface area contributed by atoms with E-state index in [2.05, 4.69) is 5.10 Å². The van der Waals surface area contributed by atoms with Crippen LogP contribution in [0.15, 0.2) is 30.5 Å². The number of carbonyl (C=O) groups is 1.